The van der Waals surface area contributed by atoms with Crippen LogP contribution in [0.5, 0.6) is 0 Å². The molecule has 25 heavy (non-hydrogen) atoms. The van der Waals surface area contributed by atoms with E-state index in [9.17, 15) is 9.59 Å². The van der Waals surface area contributed by atoms with E-state index in [0.717, 1.165) is 23.8 Å². The van der Waals surface area contributed by atoms with E-state index in [1.165, 1.54) is 5.56 Å². The van der Waals surface area contributed by atoms with Crippen molar-refractivity contribution in [2.75, 3.05) is 0 Å². The van der Waals surface area contributed by atoms with Gasteiger partial charge >= 0.3 is 5.63 Å². The fourth-order valence-electron chi connectivity index (χ4n) is 2.80. The highest BCUT2D eigenvalue weighted by Crippen LogP contribution is 2.15. The largest absolute Gasteiger partial charge is 0.422 e. The van der Waals surface area contributed by atoms with Crippen LogP contribution in [0.25, 0.3) is 11.0 Å². The minimum Gasteiger partial charge on any atom is -0.422 e. The van der Waals surface area contributed by atoms with Gasteiger partial charge in [0.2, 0.25) is 0 Å². The third-order valence-corrected chi connectivity index (χ3v) is 4.22. The minimum atomic E-state index is -0.607. The van der Waals surface area contributed by atoms with Gasteiger partial charge in [-0.15, -0.1) is 0 Å². The number of hydrogen-bond donors (Lipinski definition) is 1. The van der Waals surface area contributed by atoms with E-state index in [4.69, 9.17) is 4.42 Å². The molecule has 1 N–H and O–H groups in total. The number of rotatable bonds is 5. The Balaban J connectivity index is 1.71. The van der Waals surface area contributed by atoms with Crippen LogP contribution in [0.1, 0.15) is 34.8 Å². The molecule has 0 spiro atoms. The Morgan fingerprint density at radius 1 is 1.12 bits per heavy atom. The number of hydrogen-bond acceptors (Lipinski definition) is 3. The van der Waals surface area contributed by atoms with Crippen LogP contribution in [-0.4, -0.2) is 11.9 Å². The lowest BCUT2D eigenvalue weighted by atomic mass is 10.1. The molecule has 0 saturated carbocycles. The predicted octanol–water partition coefficient (Wildman–Crippen LogP) is 3.85. The Morgan fingerprint density at radius 2 is 1.88 bits per heavy atom. The van der Waals surface area contributed by atoms with Crippen LogP contribution in [0, 0.1) is 6.92 Å². The molecule has 128 valence electrons. The first-order chi connectivity index (χ1) is 12.0. The molecule has 0 aliphatic rings. The standard InChI is InChI=1S/C21H21NO3/c1-14-8-11-19-17(12-14)13-18(21(24)25-19)20(23)22-15(2)9-10-16-6-4-3-5-7-16/h3-8,11-13,15H,9-10H2,1-2H3,(H,22,23)/t15-/m0/s1. The summed E-state index contributed by atoms with van der Waals surface area (Å²) in [5, 5.41) is 3.64. The average Bonchev–Trinajstić information content (AvgIpc) is 2.60. The molecule has 2 aromatic carbocycles. The Labute approximate surface area is 146 Å². The number of amides is 1. The Morgan fingerprint density at radius 3 is 2.64 bits per heavy atom. The summed E-state index contributed by atoms with van der Waals surface area (Å²) in [6, 6.07) is 17.2. The molecule has 3 aromatic rings. The summed E-state index contributed by atoms with van der Waals surface area (Å²) < 4.78 is 5.26. The quantitative estimate of drug-likeness (QED) is 0.721. The smallest absolute Gasteiger partial charge is 0.349 e. The van der Waals surface area contributed by atoms with Crippen molar-refractivity contribution in [1.29, 1.82) is 0 Å². The predicted molar refractivity (Wildman–Crippen MR) is 98.9 cm³/mol. The Hall–Kier alpha value is -2.88. The van der Waals surface area contributed by atoms with Crippen molar-refractivity contribution < 1.29 is 9.21 Å². The average molecular weight is 335 g/mol. The fraction of sp³-hybridized carbons (Fsp3) is 0.238. The molecule has 0 bridgehead atoms. The van der Waals surface area contributed by atoms with E-state index >= 15 is 0 Å². The van der Waals surface area contributed by atoms with E-state index in [0.29, 0.717) is 5.58 Å². The van der Waals surface area contributed by atoms with Gasteiger partial charge in [0.05, 0.1) is 0 Å². The number of nitrogens with one attached hydrogen (secondary N) is 1. The highest BCUT2D eigenvalue weighted by Gasteiger charge is 2.16. The van der Waals surface area contributed by atoms with Gasteiger partial charge in [-0.3, -0.25) is 4.79 Å². The maximum Gasteiger partial charge on any atom is 0.349 e. The van der Waals surface area contributed by atoms with E-state index < -0.39 is 11.5 Å². The highest BCUT2D eigenvalue weighted by atomic mass is 16.4. The molecular weight excluding hydrogens is 314 g/mol. The molecule has 1 heterocycles. The summed E-state index contributed by atoms with van der Waals surface area (Å²) in [4.78, 5) is 24.5. The second kappa shape index (κ2) is 7.34. The maximum absolute atomic E-state index is 12.4. The van der Waals surface area contributed by atoms with E-state index in [1.54, 1.807) is 12.1 Å². The molecule has 0 fully saturated rings. The van der Waals surface area contributed by atoms with Gasteiger partial charge in [0.25, 0.3) is 5.91 Å². The summed E-state index contributed by atoms with van der Waals surface area (Å²) in [6.07, 6.45) is 1.67. The molecule has 1 aromatic heterocycles. The van der Waals surface area contributed by atoms with Crippen LogP contribution < -0.4 is 10.9 Å². The van der Waals surface area contributed by atoms with Crippen LogP contribution in [0.2, 0.25) is 0 Å². The molecule has 3 rings (SSSR count). The second-order valence-corrected chi connectivity index (χ2v) is 6.39. The number of carbonyl (C=O) groups is 1. The molecule has 4 heteroatoms. The normalized spacial score (nSPS) is 12.1. The van der Waals surface area contributed by atoms with Crippen molar-refractivity contribution >= 4 is 16.9 Å². The van der Waals surface area contributed by atoms with Crippen LogP contribution >= 0.6 is 0 Å². The van der Waals surface area contributed by atoms with Gasteiger partial charge in [-0.05, 0) is 50.5 Å². The van der Waals surface area contributed by atoms with Crippen molar-refractivity contribution in [3.05, 3.63) is 81.7 Å². The van der Waals surface area contributed by atoms with Crippen molar-refractivity contribution in [1.82, 2.24) is 5.32 Å². The van der Waals surface area contributed by atoms with Crippen LogP contribution in [-0.2, 0) is 6.42 Å². The summed E-state index contributed by atoms with van der Waals surface area (Å²) in [7, 11) is 0. The molecule has 1 amide bonds. The third kappa shape index (κ3) is 4.15. The summed E-state index contributed by atoms with van der Waals surface area (Å²) in [5.74, 6) is -0.391. The summed E-state index contributed by atoms with van der Waals surface area (Å²) in [6.45, 7) is 3.89. The van der Waals surface area contributed by atoms with Gasteiger partial charge < -0.3 is 9.73 Å². The molecule has 1 atom stereocenters. The molecule has 0 radical (unpaired) electrons. The molecule has 0 saturated heterocycles. The van der Waals surface area contributed by atoms with Crippen molar-refractivity contribution in [3.63, 3.8) is 0 Å². The monoisotopic (exact) mass is 335 g/mol. The zero-order valence-electron chi connectivity index (χ0n) is 14.4. The Bertz CT molecular complexity index is 944. The van der Waals surface area contributed by atoms with Gasteiger partial charge in [0.1, 0.15) is 11.1 Å². The molecule has 0 unspecified atom stereocenters. The maximum atomic E-state index is 12.4. The first kappa shape index (κ1) is 17.0. The minimum absolute atomic E-state index is 0.0414. The summed E-state index contributed by atoms with van der Waals surface area (Å²) in [5.41, 5.74) is 2.20. The van der Waals surface area contributed by atoms with Crippen molar-refractivity contribution in [2.45, 2.75) is 32.7 Å². The molecular formula is C21H21NO3. The van der Waals surface area contributed by atoms with Gasteiger partial charge in [0.15, 0.2) is 0 Å². The highest BCUT2D eigenvalue weighted by molar-refractivity contribution is 5.96. The Kier molecular flexibility index (Phi) is 4.98. The van der Waals surface area contributed by atoms with Crippen molar-refractivity contribution in [2.24, 2.45) is 0 Å². The zero-order chi connectivity index (χ0) is 17.8. The van der Waals surface area contributed by atoms with Gasteiger partial charge in [0, 0.05) is 11.4 Å². The lowest BCUT2D eigenvalue weighted by Gasteiger charge is -2.13. The topological polar surface area (TPSA) is 59.3 Å². The first-order valence-electron chi connectivity index (χ1n) is 8.42. The van der Waals surface area contributed by atoms with E-state index in [2.05, 4.69) is 17.4 Å². The van der Waals surface area contributed by atoms with Crippen LogP contribution in [0.3, 0.4) is 0 Å². The molecule has 4 nitrogen and oxygen atoms in total. The van der Waals surface area contributed by atoms with Gasteiger partial charge in [-0.2, -0.15) is 0 Å². The van der Waals surface area contributed by atoms with Crippen LogP contribution in [0.4, 0.5) is 0 Å². The van der Waals surface area contributed by atoms with E-state index in [-0.39, 0.29) is 11.6 Å². The number of fused-ring (bicyclic) bond motifs is 1. The lowest BCUT2D eigenvalue weighted by molar-refractivity contribution is 0.0935. The van der Waals surface area contributed by atoms with Gasteiger partial charge in [-0.25, -0.2) is 4.79 Å². The third-order valence-electron chi connectivity index (χ3n) is 4.22. The van der Waals surface area contributed by atoms with E-state index in [1.807, 2.05) is 44.2 Å². The first-order valence-corrected chi connectivity index (χ1v) is 8.42. The van der Waals surface area contributed by atoms with Gasteiger partial charge in [-0.1, -0.05) is 42.0 Å². The zero-order valence-corrected chi connectivity index (χ0v) is 14.4. The SMILES string of the molecule is Cc1ccc2oc(=O)c(C(=O)N[C@@H](C)CCc3ccccc3)cc2c1. The number of aryl methyl sites for hydroxylation is 2. The second-order valence-electron chi connectivity index (χ2n) is 6.39. The summed E-state index contributed by atoms with van der Waals surface area (Å²) >= 11 is 0. The lowest BCUT2D eigenvalue weighted by Crippen LogP contribution is -2.35. The van der Waals surface area contributed by atoms with Crippen molar-refractivity contribution in [3.8, 4) is 0 Å². The van der Waals surface area contributed by atoms with Crippen LogP contribution in [0.15, 0.2) is 63.8 Å². The number of carbonyl (C=O) groups excluding carboxylic acids is 1. The number of benzene rings is 2. The molecule has 0 aliphatic heterocycles. The molecule has 0 aliphatic carbocycles. The fourth-order valence-corrected chi connectivity index (χ4v) is 2.80.